The molecule has 1 saturated carbocycles. The molecule has 0 atom stereocenters. The van der Waals surface area contributed by atoms with Crippen molar-refractivity contribution in [1.29, 1.82) is 0 Å². The van der Waals surface area contributed by atoms with Crippen molar-refractivity contribution in [3.63, 3.8) is 0 Å². The van der Waals surface area contributed by atoms with Crippen LogP contribution in [-0.2, 0) is 6.54 Å². The van der Waals surface area contributed by atoms with E-state index >= 15 is 0 Å². The summed E-state index contributed by atoms with van der Waals surface area (Å²) < 4.78 is 2.20. The molecule has 0 radical (unpaired) electrons. The van der Waals surface area contributed by atoms with Crippen molar-refractivity contribution < 1.29 is 0 Å². The molecule has 0 saturated heterocycles. The highest BCUT2D eigenvalue weighted by molar-refractivity contribution is 14.0. The molecule has 0 aliphatic heterocycles. The molecule has 2 N–H and O–H groups in total. The minimum absolute atomic E-state index is 0. The molecule has 0 bridgehead atoms. The number of benzene rings is 1. The number of hydrogen-bond donors (Lipinski definition) is 1. The smallest absolute Gasteiger partial charge is 0.191 e. The second kappa shape index (κ2) is 6.64. The van der Waals surface area contributed by atoms with Gasteiger partial charge >= 0.3 is 0 Å². The predicted octanol–water partition coefficient (Wildman–Crippen LogP) is 2.37. The molecule has 1 aromatic heterocycles. The largest absolute Gasteiger partial charge is 0.370 e. The molecule has 0 unspecified atom stereocenters. The Balaban J connectivity index is 0.00000161. The van der Waals surface area contributed by atoms with Crippen LogP contribution in [0.25, 0.3) is 11.0 Å². The van der Waals surface area contributed by atoms with Crippen LogP contribution in [0, 0.1) is 6.92 Å². The summed E-state index contributed by atoms with van der Waals surface area (Å²) in [7, 11) is 2.02. The summed E-state index contributed by atoms with van der Waals surface area (Å²) in [5.74, 6) is 1.67. The molecule has 1 aromatic carbocycles. The van der Waals surface area contributed by atoms with Crippen LogP contribution in [0.1, 0.15) is 18.7 Å². The molecule has 114 valence electrons. The molecule has 0 spiro atoms. The Labute approximate surface area is 142 Å². The first kappa shape index (κ1) is 16.1. The Morgan fingerprint density at radius 1 is 1.43 bits per heavy atom. The third-order valence-electron chi connectivity index (χ3n) is 3.90. The van der Waals surface area contributed by atoms with Crippen molar-refractivity contribution in [3.05, 3.63) is 30.1 Å². The lowest BCUT2D eigenvalue weighted by molar-refractivity contribution is 0.486. The first-order chi connectivity index (χ1) is 9.66. The fraction of sp³-hybridized carbons (Fsp3) is 0.467. The number of hydrogen-bond acceptors (Lipinski definition) is 2. The summed E-state index contributed by atoms with van der Waals surface area (Å²) in [6, 6.07) is 8.79. The van der Waals surface area contributed by atoms with Crippen LogP contribution < -0.4 is 5.73 Å². The highest BCUT2D eigenvalue weighted by Gasteiger charge is 2.27. The standard InChI is InChI=1S/C15H21N5.HI/c1-11-18-13-5-3-4-6-14(13)20(11)10-9-17-15(16)19(2)12-7-8-12;/h3-6,12H,7-10H2,1-2H3,(H2,16,17);1H. The Morgan fingerprint density at radius 2 is 2.14 bits per heavy atom. The summed E-state index contributed by atoms with van der Waals surface area (Å²) in [6.45, 7) is 3.53. The van der Waals surface area contributed by atoms with Gasteiger partial charge in [-0.1, -0.05) is 12.1 Å². The Morgan fingerprint density at radius 3 is 2.86 bits per heavy atom. The maximum atomic E-state index is 6.00. The van der Waals surface area contributed by atoms with Crippen LogP contribution in [0.3, 0.4) is 0 Å². The molecule has 3 rings (SSSR count). The van der Waals surface area contributed by atoms with E-state index in [-0.39, 0.29) is 24.0 Å². The zero-order chi connectivity index (χ0) is 14.1. The Kier molecular flexibility index (Phi) is 5.08. The quantitative estimate of drug-likeness (QED) is 0.488. The number of nitrogens with zero attached hydrogens (tertiary/aromatic N) is 4. The van der Waals surface area contributed by atoms with Gasteiger partial charge in [0.05, 0.1) is 17.6 Å². The zero-order valence-electron chi connectivity index (χ0n) is 12.5. The van der Waals surface area contributed by atoms with E-state index in [1.807, 2.05) is 32.2 Å². The fourth-order valence-corrected chi connectivity index (χ4v) is 2.50. The van der Waals surface area contributed by atoms with Crippen LogP contribution in [0.5, 0.6) is 0 Å². The van der Waals surface area contributed by atoms with E-state index in [4.69, 9.17) is 5.73 Å². The maximum absolute atomic E-state index is 6.00. The second-order valence-corrected chi connectivity index (χ2v) is 5.38. The highest BCUT2D eigenvalue weighted by Crippen LogP contribution is 2.24. The van der Waals surface area contributed by atoms with E-state index in [9.17, 15) is 0 Å². The van der Waals surface area contributed by atoms with Gasteiger partial charge in [0.2, 0.25) is 0 Å². The van der Waals surface area contributed by atoms with Gasteiger partial charge in [0.15, 0.2) is 5.96 Å². The zero-order valence-corrected chi connectivity index (χ0v) is 14.8. The Hall–Kier alpha value is -1.31. The third kappa shape index (κ3) is 3.48. The summed E-state index contributed by atoms with van der Waals surface area (Å²) in [6.07, 6.45) is 2.47. The monoisotopic (exact) mass is 399 g/mol. The second-order valence-electron chi connectivity index (χ2n) is 5.38. The number of rotatable bonds is 4. The van der Waals surface area contributed by atoms with E-state index in [1.165, 1.54) is 12.8 Å². The number of nitrogens with two attached hydrogens (primary N) is 1. The SMILES string of the molecule is Cc1nc2ccccc2n1CCN=C(N)N(C)C1CC1.I. The van der Waals surface area contributed by atoms with Crippen LogP contribution >= 0.6 is 24.0 Å². The van der Waals surface area contributed by atoms with Gasteiger partial charge in [-0.05, 0) is 31.9 Å². The summed E-state index contributed by atoms with van der Waals surface area (Å²) >= 11 is 0. The number of fused-ring (bicyclic) bond motifs is 1. The fourth-order valence-electron chi connectivity index (χ4n) is 2.50. The van der Waals surface area contributed by atoms with E-state index in [2.05, 4.69) is 25.5 Å². The molecule has 1 heterocycles. The first-order valence-corrected chi connectivity index (χ1v) is 7.11. The predicted molar refractivity (Wildman–Crippen MR) is 97.2 cm³/mol. The van der Waals surface area contributed by atoms with Crippen molar-refractivity contribution >= 4 is 41.0 Å². The molecular weight excluding hydrogens is 377 g/mol. The molecule has 1 fully saturated rings. The summed E-state index contributed by atoms with van der Waals surface area (Å²) in [4.78, 5) is 11.1. The highest BCUT2D eigenvalue weighted by atomic mass is 127. The summed E-state index contributed by atoms with van der Waals surface area (Å²) in [5.41, 5.74) is 8.20. The number of aryl methyl sites for hydroxylation is 1. The number of aliphatic imine (C=N–C) groups is 1. The average molecular weight is 399 g/mol. The van der Waals surface area contributed by atoms with Gasteiger partial charge in [-0.25, -0.2) is 4.98 Å². The first-order valence-electron chi connectivity index (χ1n) is 7.11. The van der Waals surface area contributed by atoms with E-state index in [1.54, 1.807) is 0 Å². The molecular formula is C15H22IN5. The molecule has 2 aromatic rings. The minimum atomic E-state index is 0. The van der Waals surface area contributed by atoms with Crippen molar-refractivity contribution in [2.24, 2.45) is 10.7 Å². The van der Waals surface area contributed by atoms with E-state index < -0.39 is 0 Å². The summed E-state index contributed by atoms with van der Waals surface area (Å²) in [5, 5.41) is 0. The molecule has 1 aliphatic rings. The molecule has 5 nitrogen and oxygen atoms in total. The molecule has 6 heteroatoms. The molecule has 0 amide bonds. The number of para-hydroxylation sites is 2. The Bertz CT molecular complexity index is 645. The van der Waals surface area contributed by atoms with Gasteiger partial charge < -0.3 is 15.2 Å². The van der Waals surface area contributed by atoms with Crippen molar-refractivity contribution in [2.45, 2.75) is 32.4 Å². The van der Waals surface area contributed by atoms with Crippen molar-refractivity contribution in [3.8, 4) is 0 Å². The lowest BCUT2D eigenvalue weighted by atomic mass is 10.3. The molecule has 21 heavy (non-hydrogen) atoms. The van der Waals surface area contributed by atoms with Crippen LogP contribution in [0.4, 0.5) is 0 Å². The van der Waals surface area contributed by atoms with Crippen molar-refractivity contribution in [2.75, 3.05) is 13.6 Å². The number of imidazole rings is 1. The van der Waals surface area contributed by atoms with Gasteiger partial charge in [0.1, 0.15) is 5.82 Å². The molecule has 1 aliphatic carbocycles. The lowest BCUT2D eigenvalue weighted by Crippen LogP contribution is -2.36. The lowest BCUT2D eigenvalue weighted by Gasteiger charge is -2.17. The number of guanidine groups is 1. The van der Waals surface area contributed by atoms with Crippen LogP contribution in [0.2, 0.25) is 0 Å². The van der Waals surface area contributed by atoms with Gasteiger partial charge in [-0.3, -0.25) is 4.99 Å². The number of aromatic nitrogens is 2. The van der Waals surface area contributed by atoms with Gasteiger partial charge in [-0.2, -0.15) is 0 Å². The van der Waals surface area contributed by atoms with Gasteiger partial charge in [-0.15, -0.1) is 24.0 Å². The number of halogens is 1. The maximum Gasteiger partial charge on any atom is 0.191 e. The third-order valence-corrected chi connectivity index (χ3v) is 3.90. The topological polar surface area (TPSA) is 59.4 Å². The van der Waals surface area contributed by atoms with Crippen LogP contribution in [0.15, 0.2) is 29.3 Å². The average Bonchev–Trinajstić information content (AvgIpc) is 3.23. The van der Waals surface area contributed by atoms with E-state index in [0.29, 0.717) is 18.5 Å². The van der Waals surface area contributed by atoms with E-state index in [0.717, 1.165) is 23.4 Å². The minimum Gasteiger partial charge on any atom is -0.370 e. The van der Waals surface area contributed by atoms with Crippen molar-refractivity contribution in [1.82, 2.24) is 14.5 Å². The normalized spacial score (nSPS) is 15.0. The van der Waals surface area contributed by atoms with Gasteiger partial charge in [0, 0.05) is 19.6 Å². The van der Waals surface area contributed by atoms with Gasteiger partial charge in [0.25, 0.3) is 0 Å². The van der Waals surface area contributed by atoms with Crippen LogP contribution in [-0.4, -0.2) is 40.0 Å².